The molecule has 2 heterocycles. The first kappa shape index (κ1) is 10.5. The molecule has 2 rings (SSSR count). The molecular weight excluding hydrogens is 188 g/mol. The van der Waals surface area contributed by atoms with Crippen LogP contribution in [0.5, 0.6) is 0 Å². The van der Waals surface area contributed by atoms with Crippen LogP contribution in [0.1, 0.15) is 26.2 Å². The first-order valence-corrected chi connectivity index (χ1v) is 5.73. The second kappa shape index (κ2) is 4.67. The Bertz CT molecular complexity index is 296. The van der Waals surface area contributed by atoms with Crippen LogP contribution < -0.4 is 5.32 Å². The largest absolute Gasteiger partial charge is 0.328 e. The van der Waals surface area contributed by atoms with Crippen LogP contribution in [0.4, 0.5) is 0 Å². The molecule has 3 heteroatoms. The molecule has 0 spiro atoms. The van der Waals surface area contributed by atoms with Crippen molar-refractivity contribution in [3.8, 4) is 11.8 Å². The molecule has 0 aromatic carbocycles. The minimum atomic E-state index is 0.249. The normalized spacial score (nSPS) is 29.7. The molecule has 2 saturated heterocycles. The van der Waals surface area contributed by atoms with Gasteiger partial charge < -0.3 is 10.2 Å². The summed E-state index contributed by atoms with van der Waals surface area (Å²) in [7, 11) is 0. The number of β-lactam (4-membered cyclic amide) rings is 1. The van der Waals surface area contributed by atoms with Crippen molar-refractivity contribution in [1.82, 2.24) is 10.2 Å². The van der Waals surface area contributed by atoms with Crippen LogP contribution in [-0.4, -0.2) is 36.5 Å². The quantitative estimate of drug-likeness (QED) is 0.530. The van der Waals surface area contributed by atoms with Gasteiger partial charge in [0, 0.05) is 18.9 Å². The van der Waals surface area contributed by atoms with Gasteiger partial charge in [-0.05, 0) is 32.4 Å². The zero-order chi connectivity index (χ0) is 10.7. The maximum Gasteiger partial charge on any atom is 0.225 e. The summed E-state index contributed by atoms with van der Waals surface area (Å²) in [6.07, 6.45) is 2.92. The third-order valence-corrected chi connectivity index (χ3v) is 3.25. The number of amides is 1. The summed E-state index contributed by atoms with van der Waals surface area (Å²) in [6, 6.07) is 0.403. The first-order chi connectivity index (χ1) is 7.27. The number of carbonyl (C=O) groups is 1. The summed E-state index contributed by atoms with van der Waals surface area (Å²) in [5.41, 5.74) is 0. The van der Waals surface area contributed by atoms with E-state index < -0.39 is 0 Å². The van der Waals surface area contributed by atoms with Gasteiger partial charge in [0.05, 0.1) is 6.54 Å². The zero-order valence-electron chi connectivity index (χ0n) is 9.25. The number of nitrogens with one attached hydrogen (secondary N) is 1. The van der Waals surface area contributed by atoms with E-state index in [-0.39, 0.29) is 5.91 Å². The van der Waals surface area contributed by atoms with Crippen LogP contribution in [0.2, 0.25) is 0 Å². The summed E-state index contributed by atoms with van der Waals surface area (Å²) >= 11 is 0. The molecule has 2 atom stereocenters. The Kier molecular flexibility index (Phi) is 3.27. The Hall–Kier alpha value is -1.01. The second-order valence-corrected chi connectivity index (χ2v) is 4.49. The van der Waals surface area contributed by atoms with Gasteiger partial charge in [0.1, 0.15) is 0 Å². The lowest BCUT2D eigenvalue weighted by Gasteiger charge is -2.36. The highest BCUT2D eigenvalue weighted by Gasteiger charge is 2.30. The zero-order valence-corrected chi connectivity index (χ0v) is 9.25. The first-order valence-electron chi connectivity index (χ1n) is 5.73. The average molecular weight is 206 g/mol. The van der Waals surface area contributed by atoms with Crippen molar-refractivity contribution in [2.75, 3.05) is 19.6 Å². The highest BCUT2D eigenvalue weighted by Crippen LogP contribution is 2.17. The molecule has 1 N–H and O–H groups in total. The number of hydrogen-bond donors (Lipinski definition) is 1. The van der Waals surface area contributed by atoms with Gasteiger partial charge in [-0.2, -0.15) is 0 Å². The molecule has 0 aliphatic carbocycles. The predicted octanol–water partition coefficient (Wildman–Crippen LogP) is 0.610. The molecule has 0 aromatic rings. The maximum atomic E-state index is 11.1. The average Bonchev–Trinajstić information content (AvgIpc) is 2.70. The van der Waals surface area contributed by atoms with E-state index in [1.165, 1.54) is 6.42 Å². The molecule has 0 bridgehead atoms. The van der Waals surface area contributed by atoms with Gasteiger partial charge in [-0.1, -0.05) is 5.92 Å². The summed E-state index contributed by atoms with van der Waals surface area (Å²) in [5, 5.41) is 3.33. The van der Waals surface area contributed by atoms with Gasteiger partial charge in [0.2, 0.25) is 5.91 Å². The second-order valence-electron chi connectivity index (χ2n) is 4.49. The number of nitrogens with zero attached hydrogens (tertiary/aromatic N) is 1. The minimum Gasteiger partial charge on any atom is -0.328 e. The minimum absolute atomic E-state index is 0.249. The Labute approximate surface area is 91.2 Å². The fourth-order valence-electron chi connectivity index (χ4n) is 2.10. The SMILES string of the molecule is CC1CC(=O)N1CC#CCC1CCNC1. The van der Waals surface area contributed by atoms with Gasteiger partial charge in [-0.15, -0.1) is 5.92 Å². The summed E-state index contributed by atoms with van der Waals surface area (Å²) in [4.78, 5) is 13.0. The highest BCUT2D eigenvalue weighted by molar-refractivity contribution is 5.83. The molecule has 2 fully saturated rings. The van der Waals surface area contributed by atoms with Gasteiger partial charge >= 0.3 is 0 Å². The van der Waals surface area contributed by atoms with E-state index in [1.54, 1.807) is 0 Å². The molecule has 0 radical (unpaired) electrons. The fourth-order valence-corrected chi connectivity index (χ4v) is 2.10. The van der Waals surface area contributed by atoms with E-state index in [0.29, 0.717) is 19.0 Å². The maximum absolute atomic E-state index is 11.1. The van der Waals surface area contributed by atoms with Gasteiger partial charge in [0.15, 0.2) is 0 Å². The van der Waals surface area contributed by atoms with E-state index in [9.17, 15) is 4.79 Å². The van der Waals surface area contributed by atoms with Crippen molar-refractivity contribution in [3.05, 3.63) is 0 Å². The molecule has 0 aromatic heterocycles. The molecule has 1 amide bonds. The third-order valence-electron chi connectivity index (χ3n) is 3.25. The summed E-state index contributed by atoms with van der Waals surface area (Å²) < 4.78 is 0. The van der Waals surface area contributed by atoms with Crippen molar-refractivity contribution in [1.29, 1.82) is 0 Å². The predicted molar refractivity (Wildman–Crippen MR) is 59.2 cm³/mol. The molecule has 0 saturated carbocycles. The summed E-state index contributed by atoms with van der Waals surface area (Å²) in [6.45, 7) is 4.94. The Balaban J connectivity index is 1.68. The molecule has 3 nitrogen and oxygen atoms in total. The van der Waals surface area contributed by atoms with Gasteiger partial charge in [0.25, 0.3) is 0 Å². The van der Waals surface area contributed by atoms with Crippen LogP contribution in [0.25, 0.3) is 0 Å². The lowest BCUT2D eigenvalue weighted by molar-refractivity contribution is -0.143. The van der Waals surface area contributed by atoms with Crippen LogP contribution in [0.3, 0.4) is 0 Å². The van der Waals surface area contributed by atoms with E-state index >= 15 is 0 Å². The molecular formula is C12H18N2O. The van der Waals surface area contributed by atoms with Crippen molar-refractivity contribution in [2.24, 2.45) is 5.92 Å². The number of carbonyl (C=O) groups excluding carboxylic acids is 1. The lowest BCUT2D eigenvalue weighted by Crippen LogP contribution is -2.50. The molecule has 2 aliphatic rings. The molecule has 15 heavy (non-hydrogen) atoms. The van der Waals surface area contributed by atoms with Crippen molar-refractivity contribution < 1.29 is 4.79 Å². The Morgan fingerprint density at radius 1 is 1.53 bits per heavy atom. The van der Waals surface area contributed by atoms with Crippen molar-refractivity contribution in [2.45, 2.75) is 32.2 Å². The number of hydrogen-bond acceptors (Lipinski definition) is 2. The number of likely N-dealkylation sites (tertiary alicyclic amines) is 1. The van der Waals surface area contributed by atoms with E-state index in [0.717, 1.165) is 25.4 Å². The Morgan fingerprint density at radius 3 is 3.00 bits per heavy atom. The lowest BCUT2D eigenvalue weighted by atomic mass is 10.0. The Morgan fingerprint density at radius 2 is 2.40 bits per heavy atom. The van der Waals surface area contributed by atoms with Crippen LogP contribution in [0.15, 0.2) is 0 Å². The third kappa shape index (κ3) is 2.51. The molecule has 2 aliphatic heterocycles. The van der Waals surface area contributed by atoms with E-state index in [2.05, 4.69) is 24.1 Å². The summed E-state index contributed by atoms with van der Waals surface area (Å²) in [5.74, 6) is 7.26. The number of rotatable bonds is 2. The van der Waals surface area contributed by atoms with Gasteiger partial charge in [-0.3, -0.25) is 4.79 Å². The van der Waals surface area contributed by atoms with Crippen LogP contribution in [-0.2, 0) is 4.79 Å². The fraction of sp³-hybridized carbons (Fsp3) is 0.750. The van der Waals surface area contributed by atoms with Crippen LogP contribution >= 0.6 is 0 Å². The molecule has 2 unspecified atom stereocenters. The topological polar surface area (TPSA) is 32.3 Å². The van der Waals surface area contributed by atoms with Gasteiger partial charge in [-0.25, -0.2) is 0 Å². The van der Waals surface area contributed by atoms with E-state index in [4.69, 9.17) is 0 Å². The van der Waals surface area contributed by atoms with Crippen LogP contribution in [0, 0.1) is 17.8 Å². The smallest absolute Gasteiger partial charge is 0.225 e. The monoisotopic (exact) mass is 206 g/mol. The highest BCUT2D eigenvalue weighted by atomic mass is 16.2. The van der Waals surface area contributed by atoms with Crippen molar-refractivity contribution in [3.63, 3.8) is 0 Å². The van der Waals surface area contributed by atoms with E-state index in [1.807, 2.05) is 4.90 Å². The molecule has 82 valence electrons. The standard InChI is InChI=1S/C12H18N2O/c1-10-8-12(15)14(10)7-3-2-4-11-5-6-13-9-11/h10-11,13H,4-9H2,1H3. The van der Waals surface area contributed by atoms with Crippen molar-refractivity contribution >= 4 is 5.91 Å².